The average Bonchev–Trinajstić information content (AvgIpc) is 3.16. The molecule has 6 rings (SSSR count). The van der Waals surface area contributed by atoms with Crippen LogP contribution in [0.5, 0.6) is 0 Å². The molecule has 32 heavy (non-hydrogen) atoms. The third-order valence-corrected chi connectivity index (χ3v) is 6.24. The smallest absolute Gasteiger partial charge is 0.194 e. The van der Waals surface area contributed by atoms with Crippen molar-refractivity contribution in [3.63, 3.8) is 0 Å². The van der Waals surface area contributed by atoms with Gasteiger partial charge in [0.25, 0.3) is 0 Å². The van der Waals surface area contributed by atoms with Crippen LogP contribution in [-0.4, -0.2) is 5.78 Å². The number of allylic oxidation sites excluding steroid dienone is 1. The average molecular weight is 409 g/mol. The summed E-state index contributed by atoms with van der Waals surface area (Å²) in [6.45, 7) is 0. The Bertz CT molecular complexity index is 1500. The second kappa shape index (κ2) is 7.47. The monoisotopic (exact) mass is 408 g/mol. The zero-order chi connectivity index (χ0) is 21.5. The lowest BCUT2D eigenvalue weighted by Gasteiger charge is -2.10. The van der Waals surface area contributed by atoms with Gasteiger partial charge >= 0.3 is 0 Å². The van der Waals surface area contributed by atoms with Gasteiger partial charge in [-0.3, -0.25) is 4.79 Å². The largest absolute Gasteiger partial charge is 0.289 e. The molecule has 0 amide bonds. The number of fused-ring (bicyclic) bond motifs is 2. The third kappa shape index (κ3) is 2.91. The molecule has 0 fully saturated rings. The van der Waals surface area contributed by atoms with Gasteiger partial charge in [-0.1, -0.05) is 115 Å². The second-order valence-electron chi connectivity index (χ2n) is 8.10. The van der Waals surface area contributed by atoms with Gasteiger partial charge in [-0.2, -0.15) is 0 Å². The normalized spacial score (nSPS) is 12.9. The maximum Gasteiger partial charge on any atom is 0.194 e. The van der Waals surface area contributed by atoms with E-state index in [1.54, 1.807) is 0 Å². The zero-order valence-corrected chi connectivity index (χ0v) is 17.5. The lowest BCUT2D eigenvalue weighted by molar-refractivity contribution is 0.105. The summed E-state index contributed by atoms with van der Waals surface area (Å²) in [6, 6.07) is 41.3. The first-order valence-electron chi connectivity index (χ1n) is 10.8. The topological polar surface area (TPSA) is 17.1 Å². The van der Waals surface area contributed by atoms with Crippen LogP contribution in [0.25, 0.3) is 33.0 Å². The van der Waals surface area contributed by atoms with Gasteiger partial charge in [-0.05, 0) is 44.7 Å². The zero-order valence-electron chi connectivity index (χ0n) is 17.5. The van der Waals surface area contributed by atoms with Crippen LogP contribution in [0.1, 0.15) is 27.0 Å². The summed E-state index contributed by atoms with van der Waals surface area (Å²) in [4.78, 5) is 13.8. The Morgan fingerprint density at radius 1 is 0.406 bits per heavy atom. The van der Waals surface area contributed by atoms with Crippen molar-refractivity contribution in [2.24, 2.45) is 0 Å². The lowest BCUT2D eigenvalue weighted by atomic mass is 9.93. The molecule has 5 aromatic carbocycles. The number of carbonyl (C=O) groups is 1. The Hall–Kier alpha value is -4.23. The summed E-state index contributed by atoms with van der Waals surface area (Å²) < 4.78 is 0. The van der Waals surface area contributed by atoms with Gasteiger partial charge in [0.1, 0.15) is 0 Å². The number of rotatable bonds is 3. The molecule has 0 aromatic heterocycles. The van der Waals surface area contributed by atoms with Gasteiger partial charge in [0.05, 0.1) is 0 Å². The molecule has 0 atom stereocenters. The molecular formula is C31H20O. The van der Waals surface area contributed by atoms with Crippen LogP contribution in [0.4, 0.5) is 0 Å². The number of hydrogen-bond donors (Lipinski definition) is 0. The van der Waals surface area contributed by atoms with Crippen molar-refractivity contribution < 1.29 is 4.79 Å². The van der Waals surface area contributed by atoms with Crippen molar-refractivity contribution in [2.75, 3.05) is 0 Å². The minimum absolute atomic E-state index is 0.0899. The summed E-state index contributed by atoms with van der Waals surface area (Å²) in [5, 5.41) is 2.39. The van der Waals surface area contributed by atoms with Crippen molar-refractivity contribution in [1.29, 1.82) is 0 Å². The summed E-state index contributed by atoms with van der Waals surface area (Å²) in [7, 11) is 0. The minimum Gasteiger partial charge on any atom is -0.289 e. The number of hydrogen-bond acceptors (Lipinski definition) is 1. The SMILES string of the molecule is O=C1C(c2ccccc2)=C(c2ccccc2)c2ccc(-c3cccc4ccccc34)cc21. The summed E-state index contributed by atoms with van der Waals surface area (Å²) in [5.74, 6) is 0.0899. The van der Waals surface area contributed by atoms with Crippen LogP contribution in [0.15, 0.2) is 121 Å². The van der Waals surface area contributed by atoms with E-state index < -0.39 is 0 Å². The molecule has 0 aliphatic heterocycles. The summed E-state index contributed by atoms with van der Waals surface area (Å²) >= 11 is 0. The molecule has 0 heterocycles. The van der Waals surface area contributed by atoms with Gasteiger partial charge < -0.3 is 0 Å². The van der Waals surface area contributed by atoms with E-state index >= 15 is 0 Å². The molecule has 0 saturated carbocycles. The second-order valence-corrected chi connectivity index (χ2v) is 8.10. The molecule has 1 aliphatic carbocycles. The van der Waals surface area contributed by atoms with Crippen LogP contribution in [0.3, 0.4) is 0 Å². The molecule has 0 N–H and O–H groups in total. The first-order valence-corrected chi connectivity index (χ1v) is 10.8. The number of ketones is 1. The highest BCUT2D eigenvalue weighted by molar-refractivity contribution is 6.41. The maximum absolute atomic E-state index is 13.8. The van der Waals surface area contributed by atoms with Crippen molar-refractivity contribution in [3.8, 4) is 11.1 Å². The molecular weight excluding hydrogens is 388 g/mol. The van der Waals surface area contributed by atoms with Crippen LogP contribution in [0.2, 0.25) is 0 Å². The molecule has 0 spiro atoms. The Balaban J connectivity index is 1.57. The first-order chi connectivity index (χ1) is 15.8. The number of benzene rings is 5. The minimum atomic E-state index is 0.0899. The standard InChI is InChI=1S/C31H20O/c32-31-28-20-24(26-17-9-15-21-10-7-8-16-25(21)26)18-19-27(28)29(22-11-3-1-4-12-22)30(31)23-13-5-2-6-14-23/h1-20H. The van der Waals surface area contributed by atoms with E-state index in [2.05, 4.69) is 72.8 Å². The molecule has 1 heteroatoms. The predicted molar refractivity (Wildman–Crippen MR) is 133 cm³/mol. The van der Waals surface area contributed by atoms with E-state index in [9.17, 15) is 4.79 Å². The summed E-state index contributed by atoms with van der Waals surface area (Å²) in [6.07, 6.45) is 0. The van der Waals surface area contributed by atoms with Crippen molar-refractivity contribution in [1.82, 2.24) is 0 Å². The van der Waals surface area contributed by atoms with E-state index in [0.717, 1.165) is 44.5 Å². The molecule has 1 aliphatic rings. The predicted octanol–water partition coefficient (Wildman–Crippen LogP) is 7.66. The fourth-order valence-electron chi connectivity index (χ4n) is 4.76. The highest BCUT2D eigenvalue weighted by atomic mass is 16.1. The van der Waals surface area contributed by atoms with Crippen LogP contribution in [0, 0.1) is 0 Å². The molecule has 5 aromatic rings. The van der Waals surface area contributed by atoms with Crippen molar-refractivity contribution >= 4 is 27.7 Å². The van der Waals surface area contributed by atoms with Crippen LogP contribution < -0.4 is 0 Å². The van der Waals surface area contributed by atoms with E-state index in [-0.39, 0.29) is 5.78 Å². The van der Waals surface area contributed by atoms with E-state index in [4.69, 9.17) is 0 Å². The van der Waals surface area contributed by atoms with Crippen molar-refractivity contribution in [2.45, 2.75) is 0 Å². The number of carbonyl (C=O) groups excluding carboxylic acids is 1. The summed E-state index contributed by atoms with van der Waals surface area (Å²) in [5.41, 5.74) is 7.81. The van der Waals surface area contributed by atoms with E-state index in [1.807, 2.05) is 48.5 Å². The molecule has 0 bridgehead atoms. The first kappa shape index (κ1) is 18.5. The molecule has 1 nitrogen and oxygen atoms in total. The highest BCUT2D eigenvalue weighted by Gasteiger charge is 2.31. The van der Waals surface area contributed by atoms with Gasteiger partial charge in [0.2, 0.25) is 0 Å². The van der Waals surface area contributed by atoms with Gasteiger partial charge in [-0.15, -0.1) is 0 Å². The molecule has 0 saturated heterocycles. The fraction of sp³-hybridized carbons (Fsp3) is 0. The van der Waals surface area contributed by atoms with E-state index in [1.165, 1.54) is 10.8 Å². The Morgan fingerprint density at radius 2 is 1.03 bits per heavy atom. The maximum atomic E-state index is 13.8. The molecule has 150 valence electrons. The van der Waals surface area contributed by atoms with Gasteiger partial charge in [0.15, 0.2) is 5.78 Å². The molecule has 0 radical (unpaired) electrons. The highest BCUT2D eigenvalue weighted by Crippen LogP contribution is 2.43. The molecule has 0 unspecified atom stereocenters. The fourth-order valence-corrected chi connectivity index (χ4v) is 4.76. The number of Topliss-reactive ketones (excluding diaryl/α,β-unsaturated/α-hetero) is 1. The third-order valence-electron chi connectivity index (χ3n) is 6.24. The quantitative estimate of drug-likeness (QED) is 0.299. The van der Waals surface area contributed by atoms with Gasteiger partial charge in [0, 0.05) is 16.7 Å². The Labute approximate surface area is 187 Å². The Morgan fingerprint density at radius 3 is 1.78 bits per heavy atom. The van der Waals surface area contributed by atoms with Crippen molar-refractivity contribution in [3.05, 3.63) is 144 Å². The Kier molecular flexibility index (Phi) is 4.33. The van der Waals surface area contributed by atoms with E-state index in [0.29, 0.717) is 0 Å². The lowest BCUT2D eigenvalue weighted by Crippen LogP contribution is -1.98. The van der Waals surface area contributed by atoms with Crippen LogP contribution >= 0.6 is 0 Å². The van der Waals surface area contributed by atoms with Crippen LogP contribution in [-0.2, 0) is 0 Å². The van der Waals surface area contributed by atoms with Gasteiger partial charge in [-0.25, -0.2) is 0 Å².